The fourth-order valence-electron chi connectivity index (χ4n) is 1.56. The van der Waals surface area contributed by atoms with E-state index in [2.05, 4.69) is 5.32 Å². The zero-order valence-corrected chi connectivity index (χ0v) is 13.4. The summed E-state index contributed by atoms with van der Waals surface area (Å²) < 4.78 is 12.8. The third-order valence-corrected chi connectivity index (χ3v) is 3.85. The third kappa shape index (κ3) is 4.78. The fourth-order valence-corrected chi connectivity index (χ4v) is 2.41. The van der Waals surface area contributed by atoms with Crippen LogP contribution in [0.5, 0.6) is 0 Å². The van der Waals surface area contributed by atoms with Crippen LogP contribution in [-0.4, -0.2) is 21.9 Å². The first kappa shape index (κ1) is 16.9. The van der Waals surface area contributed by atoms with Crippen molar-refractivity contribution in [3.05, 3.63) is 64.1 Å². The van der Waals surface area contributed by atoms with Crippen LogP contribution in [-0.2, 0) is 4.79 Å². The van der Waals surface area contributed by atoms with Crippen molar-refractivity contribution in [3.63, 3.8) is 0 Å². The van der Waals surface area contributed by atoms with Gasteiger partial charge in [0, 0.05) is 6.08 Å². The Balaban J connectivity index is 1.92. The lowest BCUT2D eigenvalue weighted by atomic mass is 10.2. The maximum atomic E-state index is 12.8. The molecule has 2 rings (SSSR count). The minimum absolute atomic E-state index is 0.211. The topological polar surface area (TPSA) is 75.4 Å². The first-order chi connectivity index (χ1) is 11.0. The predicted octanol–water partition coefficient (Wildman–Crippen LogP) is 2.32. The second-order valence-electron chi connectivity index (χ2n) is 4.33. The number of thiocarbonyl (C=S) groups is 1. The van der Waals surface area contributed by atoms with Crippen LogP contribution in [0.3, 0.4) is 0 Å². The Morgan fingerprint density at radius 1 is 1.26 bits per heavy atom. The number of nitrogens with one attached hydrogen (secondary N) is 1. The van der Waals surface area contributed by atoms with Gasteiger partial charge in [-0.1, -0.05) is 18.2 Å². The molecule has 5 nitrogen and oxygen atoms in total. The molecule has 2 amide bonds. The van der Waals surface area contributed by atoms with E-state index < -0.39 is 11.8 Å². The molecule has 3 N–H and O–H groups in total. The lowest BCUT2D eigenvalue weighted by Crippen LogP contribution is -2.49. The molecule has 1 aromatic heterocycles. The minimum atomic E-state index is -0.547. The Hall–Kier alpha value is -2.42. The summed E-state index contributed by atoms with van der Waals surface area (Å²) >= 11 is 6.14. The van der Waals surface area contributed by atoms with Crippen LogP contribution in [0.1, 0.15) is 15.2 Å². The van der Waals surface area contributed by atoms with Crippen molar-refractivity contribution in [1.82, 2.24) is 10.3 Å². The van der Waals surface area contributed by atoms with Crippen LogP contribution in [0.15, 0.2) is 47.9 Å². The molecule has 0 saturated carbocycles. The first-order valence-corrected chi connectivity index (χ1v) is 7.67. The van der Waals surface area contributed by atoms with E-state index in [1.165, 1.54) is 47.8 Å². The molecule has 8 heteroatoms. The second kappa shape index (κ2) is 7.73. The lowest BCUT2D eigenvalue weighted by molar-refractivity contribution is -0.115. The number of rotatable bonds is 3. The lowest BCUT2D eigenvalue weighted by Gasteiger charge is -2.16. The number of nitrogens with zero attached hydrogens (tertiary/aromatic N) is 1. The van der Waals surface area contributed by atoms with E-state index in [4.69, 9.17) is 18.1 Å². The van der Waals surface area contributed by atoms with Crippen molar-refractivity contribution in [2.24, 2.45) is 5.84 Å². The summed E-state index contributed by atoms with van der Waals surface area (Å²) in [5, 5.41) is 4.54. The van der Waals surface area contributed by atoms with Crippen LogP contribution >= 0.6 is 23.6 Å². The molecule has 0 bridgehead atoms. The van der Waals surface area contributed by atoms with Gasteiger partial charge in [-0.2, -0.15) is 0 Å². The SMILES string of the molecule is NN(C(=O)c1cccs1)C(=S)NC(=O)C=Cc1ccc(F)cc1. The summed E-state index contributed by atoms with van der Waals surface area (Å²) in [5.74, 6) is 4.18. The smallest absolute Gasteiger partial charge is 0.284 e. The Kier molecular flexibility index (Phi) is 5.69. The van der Waals surface area contributed by atoms with Gasteiger partial charge in [0.2, 0.25) is 5.91 Å². The third-order valence-electron chi connectivity index (χ3n) is 2.70. The number of thiophene rings is 1. The number of carbonyl (C=O) groups excluding carboxylic acids is 2. The molecular formula is C15H12FN3O2S2. The second-order valence-corrected chi connectivity index (χ2v) is 5.67. The zero-order chi connectivity index (χ0) is 16.8. The molecule has 1 aromatic carbocycles. The number of hydrazine groups is 1. The van der Waals surface area contributed by atoms with E-state index in [1.54, 1.807) is 17.5 Å². The summed E-state index contributed by atoms with van der Waals surface area (Å²) in [6, 6.07) is 8.91. The molecular weight excluding hydrogens is 337 g/mol. The first-order valence-electron chi connectivity index (χ1n) is 6.38. The van der Waals surface area contributed by atoms with Gasteiger partial charge in [0.25, 0.3) is 5.91 Å². The van der Waals surface area contributed by atoms with Crippen LogP contribution < -0.4 is 11.2 Å². The largest absolute Gasteiger partial charge is 0.298 e. The van der Waals surface area contributed by atoms with Gasteiger partial charge in [-0.25, -0.2) is 15.2 Å². The molecule has 2 aromatic rings. The van der Waals surface area contributed by atoms with Gasteiger partial charge in [-0.05, 0) is 47.4 Å². The highest BCUT2D eigenvalue weighted by Gasteiger charge is 2.18. The van der Waals surface area contributed by atoms with Crippen LogP contribution in [0.4, 0.5) is 4.39 Å². The van der Waals surface area contributed by atoms with Crippen molar-refractivity contribution < 1.29 is 14.0 Å². The Morgan fingerprint density at radius 3 is 2.57 bits per heavy atom. The highest BCUT2D eigenvalue weighted by molar-refractivity contribution is 7.80. The number of hydrogen-bond donors (Lipinski definition) is 2. The van der Waals surface area contributed by atoms with E-state index in [-0.39, 0.29) is 10.9 Å². The summed E-state index contributed by atoms with van der Waals surface area (Å²) in [5.41, 5.74) is 0.645. The number of carbonyl (C=O) groups is 2. The molecule has 0 fully saturated rings. The molecule has 1 heterocycles. The highest BCUT2D eigenvalue weighted by Crippen LogP contribution is 2.10. The van der Waals surface area contributed by atoms with Crippen molar-refractivity contribution in [2.45, 2.75) is 0 Å². The molecule has 118 valence electrons. The summed E-state index contributed by atoms with van der Waals surface area (Å²) in [6.07, 6.45) is 2.70. The average molecular weight is 349 g/mol. The van der Waals surface area contributed by atoms with E-state index >= 15 is 0 Å². The monoisotopic (exact) mass is 349 g/mol. The molecule has 0 aliphatic rings. The van der Waals surface area contributed by atoms with Gasteiger partial charge in [0.15, 0.2) is 5.11 Å². The van der Waals surface area contributed by atoms with E-state index in [9.17, 15) is 14.0 Å². The number of benzene rings is 1. The normalized spacial score (nSPS) is 10.5. The Bertz CT molecular complexity index is 743. The molecule has 0 saturated heterocycles. The molecule has 23 heavy (non-hydrogen) atoms. The molecule has 0 radical (unpaired) electrons. The molecule has 0 spiro atoms. The Labute approximate surface area is 141 Å². The van der Waals surface area contributed by atoms with E-state index in [0.717, 1.165) is 0 Å². The summed E-state index contributed by atoms with van der Waals surface area (Å²) in [6.45, 7) is 0. The number of nitrogens with two attached hydrogens (primary N) is 1. The molecule has 0 atom stereocenters. The van der Waals surface area contributed by atoms with Crippen molar-refractivity contribution in [2.75, 3.05) is 0 Å². The highest BCUT2D eigenvalue weighted by atomic mass is 32.1. The van der Waals surface area contributed by atoms with E-state index in [1.807, 2.05) is 0 Å². The maximum absolute atomic E-state index is 12.8. The maximum Gasteiger partial charge on any atom is 0.284 e. The zero-order valence-electron chi connectivity index (χ0n) is 11.7. The molecule has 0 aliphatic carbocycles. The standard InChI is InChI=1S/C15H12FN3O2S2/c16-11-6-3-10(4-7-11)5-8-13(20)18-15(22)19(17)14(21)12-2-1-9-23-12/h1-9H,17H2,(H,18,20,22). The van der Waals surface area contributed by atoms with Gasteiger partial charge in [0.1, 0.15) is 5.82 Å². The van der Waals surface area contributed by atoms with Crippen LogP contribution in [0, 0.1) is 5.82 Å². The number of amides is 2. The molecule has 0 unspecified atom stereocenters. The van der Waals surface area contributed by atoms with Gasteiger partial charge >= 0.3 is 0 Å². The fraction of sp³-hybridized carbons (Fsp3) is 0. The van der Waals surface area contributed by atoms with Gasteiger partial charge in [-0.3, -0.25) is 14.9 Å². The molecule has 0 aliphatic heterocycles. The quantitative estimate of drug-likeness (QED) is 0.293. The van der Waals surface area contributed by atoms with Gasteiger partial charge in [-0.15, -0.1) is 11.3 Å². The van der Waals surface area contributed by atoms with Gasteiger partial charge < -0.3 is 0 Å². The predicted molar refractivity (Wildman–Crippen MR) is 90.9 cm³/mol. The summed E-state index contributed by atoms with van der Waals surface area (Å²) in [4.78, 5) is 24.1. The van der Waals surface area contributed by atoms with Crippen molar-refractivity contribution >= 4 is 46.6 Å². The summed E-state index contributed by atoms with van der Waals surface area (Å²) in [7, 11) is 0. The van der Waals surface area contributed by atoms with Crippen molar-refractivity contribution in [1.29, 1.82) is 0 Å². The Morgan fingerprint density at radius 2 is 1.96 bits per heavy atom. The minimum Gasteiger partial charge on any atom is -0.298 e. The van der Waals surface area contributed by atoms with Crippen molar-refractivity contribution in [3.8, 4) is 0 Å². The number of halogens is 1. The van der Waals surface area contributed by atoms with Gasteiger partial charge in [0.05, 0.1) is 4.88 Å². The van der Waals surface area contributed by atoms with Crippen LogP contribution in [0.2, 0.25) is 0 Å². The number of hydrogen-bond acceptors (Lipinski definition) is 5. The average Bonchev–Trinajstić information content (AvgIpc) is 3.07. The van der Waals surface area contributed by atoms with E-state index in [0.29, 0.717) is 15.4 Å². The van der Waals surface area contributed by atoms with Crippen LogP contribution in [0.25, 0.3) is 6.08 Å².